The number of hydrogen-bond acceptors (Lipinski definition) is 5. The predicted octanol–water partition coefficient (Wildman–Crippen LogP) is 2.68. The van der Waals surface area contributed by atoms with E-state index in [1.54, 1.807) is 0 Å². The lowest BCUT2D eigenvalue weighted by Crippen LogP contribution is -2.39. The Kier molecular flexibility index (Phi) is 4.35. The molecule has 1 aromatic rings. The van der Waals surface area contributed by atoms with Crippen LogP contribution >= 0.6 is 0 Å². The van der Waals surface area contributed by atoms with Crippen LogP contribution in [-0.4, -0.2) is 16.7 Å². The minimum absolute atomic E-state index is 0.0836. The van der Waals surface area contributed by atoms with E-state index in [4.69, 9.17) is 15.0 Å². The highest BCUT2D eigenvalue weighted by atomic mass is 16.5. The van der Waals surface area contributed by atoms with Crippen LogP contribution < -0.4 is 5.73 Å². The van der Waals surface area contributed by atoms with E-state index in [0.29, 0.717) is 18.3 Å². The van der Waals surface area contributed by atoms with E-state index in [1.807, 2.05) is 6.92 Å². The molecule has 1 atom stereocenters. The van der Waals surface area contributed by atoms with Gasteiger partial charge in [0.25, 0.3) is 0 Å². The molecular weight excluding hydrogens is 230 g/mol. The van der Waals surface area contributed by atoms with Gasteiger partial charge in [-0.3, -0.25) is 0 Å². The van der Waals surface area contributed by atoms with Gasteiger partial charge in [0.1, 0.15) is 6.10 Å². The third kappa shape index (κ3) is 2.72. The first-order valence-electron chi connectivity index (χ1n) is 6.94. The molecule has 0 aliphatic heterocycles. The highest BCUT2D eigenvalue weighted by Gasteiger charge is 2.35. The Hall–Kier alpha value is -0.940. The third-order valence-corrected chi connectivity index (χ3v) is 3.64. The van der Waals surface area contributed by atoms with Gasteiger partial charge in [-0.2, -0.15) is 4.98 Å². The van der Waals surface area contributed by atoms with Crippen LogP contribution in [0.2, 0.25) is 0 Å². The molecule has 0 amide bonds. The van der Waals surface area contributed by atoms with Crippen molar-refractivity contribution in [3.8, 4) is 0 Å². The molecule has 18 heavy (non-hydrogen) atoms. The van der Waals surface area contributed by atoms with E-state index < -0.39 is 5.54 Å². The van der Waals surface area contributed by atoms with E-state index in [9.17, 15) is 0 Å². The SMILES string of the molecule is CCOC(CC)c1noc(C2(N)CCCCC2)n1. The average Bonchev–Trinajstić information content (AvgIpc) is 2.87. The first-order valence-corrected chi connectivity index (χ1v) is 6.94. The van der Waals surface area contributed by atoms with Crippen molar-refractivity contribution in [2.75, 3.05) is 6.61 Å². The van der Waals surface area contributed by atoms with Crippen LogP contribution in [0.5, 0.6) is 0 Å². The summed E-state index contributed by atoms with van der Waals surface area (Å²) in [4.78, 5) is 4.47. The molecule has 102 valence electrons. The summed E-state index contributed by atoms with van der Waals surface area (Å²) in [7, 11) is 0. The van der Waals surface area contributed by atoms with Crippen LogP contribution in [0.3, 0.4) is 0 Å². The highest BCUT2D eigenvalue weighted by Crippen LogP contribution is 2.34. The Bertz CT molecular complexity index is 372. The second-order valence-corrected chi connectivity index (χ2v) is 5.03. The van der Waals surface area contributed by atoms with E-state index in [2.05, 4.69) is 17.1 Å². The van der Waals surface area contributed by atoms with Crippen molar-refractivity contribution in [1.29, 1.82) is 0 Å². The van der Waals surface area contributed by atoms with Crippen molar-refractivity contribution >= 4 is 0 Å². The van der Waals surface area contributed by atoms with Crippen molar-refractivity contribution in [1.82, 2.24) is 10.1 Å². The molecular formula is C13H23N3O2. The van der Waals surface area contributed by atoms with Crippen LogP contribution in [0.15, 0.2) is 4.52 Å². The lowest BCUT2D eigenvalue weighted by molar-refractivity contribution is 0.0518. The van der Waals surface area contributed by atoms with E-state index in [-0.39, 0.29) is 6.10 Å². The number of rotatable bonds is 5. The van der Waals surface area contributed by atoms with Gasteiger partial charge in [-0.15, -0.1) is 0 Å². The second kappa shape index (κ2) is 5.80. The Morgan fingerprint density at radius 1 is 1.33 bits per heavy atom. The summed E-state index contributed by atoms with van der Waals surface area (Å²) in [5.74, 6) is 1.21. The number of aromatic nitrogens is 2. The normalized spacial score (nSPS) is 20.8. The lowest BCUT2D eigenvalue weighted by atomic mass is 9.82. The molecule has 1 aliphatic rings. The maximum atomic E-state index is 6.37. The molecule has 0 spiro atoms. The molecule has 1 aromatic heterocycles. The Morgan fingerprint density at radius 3 is 2.67 bits per heavy atom. The molecule has 0 radical (unpaired) electrons. The van der Waals surface area contributed by atoms with Crippen LogP contribution in [0.25, 0.3) is 0 Å². The molecule has 0 aromatic carbocycles. The van der Waals surface area contributed by atoms with Crippen molar-refractivity contribution in [2.24, 2.45) is 5.73 Å². The van der Waals surface area contributed by atoms with Crippen LogP contribution in [0, 0.1) is 0 Å². The minimum Gasteiger partial charge on any atom is -0.370 e. The van der Waals surface area contributed by atoms with Crippen molar-refractivity contribution in [2.45, 2.75) is 64.0 Å². The number of hydrogen-bond donors (Lipinski definition) is 1. The molecule has 1 heterocycles. The summed E-state index contributed by atoms with van der Waals surface area (Å²) < 4.78 is 11.0. The van der Waals surface area contributed by atoms with Gasteiger partial charge >= 0.3 is 0 Å². The Balaban J connectivity index is 2.13. The second-order valence-electron chi connectivity index (χ2n) is 5.03. The summed E-state index contributed by atoms with van der Waals surface area (Å²) in [5, 5.41) is 4.04. The predicted molar refractivity (Wildman–Crippen MR) is 67.9 cm³/mol. The zero-order valence-corrected chi connectivity index (χ0v) is 11.3. The van der Waals surface area contributed by atoms with Gasteiger partial charge < -0.3 is 15.0 Å². The van der Waals surface area contributed by atoms with Crippen molar-refractivity contribution in [3.63, 3.8) is 0 Å². The van der Waals surface area contributed by atoms with E-state index in [0.717, 1.165) is 32.1 Å². The molecule has 0 saturated heterocycles. The summed E-state index contributed by atoms with van der Waals surface area (Å²) in [5.41, 5.74) is 5.95. The Morgan fingerprint density at radius 2 is 2.06 bits per heavy atom. The van der Waals surface area contributed by atoms with Crippen LogP contribution in [0.1, 0.15) is 70.2 Å². The molecule has 1 unspecified atom stereocenters. The molecule has 5 nitrogen and oxygen atoms in total. The fourth-order valence-electron chi connectivity index (χ4n) is 2.54. The van der Waals surface area contributed by atoms with Crippen LogP contribution in [0.4, 0.5) is 0 Å². The molecule has 0 bridgehead atoms. The monoisotopic (exact) mass is 253 g/mol. The smallest absolute Gasteiger partial charge is 0.246 e. The van der Waals surface area contributed by atoms with Crippen LogP contribution in [-0.2, 0) is 10.3 Å². The van der Waals surface area contributed by atoms with Gasteiger partial charge in [-0.25, -0.2) is 0 Å². The van der Waals surface area contributed by atoms with Gasteiger partial charge in [0.05, 0.1) is 5.54 Å². The molecule has 1 fully saturated rings. The molecule has 1 saturated carbocycles. The van der Waals surface area contributed by atoms with Gasteiger partial charge in [-0.1, -0.05) is 31.3 Å². The number of nitrogens with zero attached hydrogens (tertiary/aromatic N) is 2. The highest BCUT2D eigenvalue weighted by molar-refractivity contribution is 5.04. The van der Waals surface area contributed by atoms with Crippen molar-refractivity contribution < 1.29 is 9.26 Å². The number of nitrogens with two attached hydrogens (primary N) is 1. The number of ether oxygens (including phenoxy) is 1. The topological polar surface area (TPSA) is 74.2 Å². The van der Waals surface area contributed by atoms with Crippen molar-refractivity contribution in [3.05, 3.63) is 11.7 Å². The fraction of sp³-hybridized carbons (Fsp3) is 0.846. The fourth-order valence-corrected chi connectivity index (χ4v) is 2.54. The Labute approximate surface area is 108 Å². The molecule has 2 N–H and O–H groups in total. The minimum atomic E-state index is -0.423. The molecule has 2 rings (SSSR count). The molecule has 1 aliphatic carbocycles. The van der Waals surface area contributed by atoms with Gasteiger partial charge in [-0.05, 0) is 26.2 Å². The molecule has 5 heteroatoms. The van der Waals surface area contributed by atoms with Gasteiger partial charge in [0, 0.05) is 6.61 Å². The van der Waals surface area contributed by atoms with E-state index in [1.165, 1.54) is 6.42 Å². The summed E-state index contributed by atoms with van der Waals surface area (Å²) >= 11 is 0. The largest absolute Gasteiger partial charge is 0.370 e. The quantitative estimate of drug-likeness (QED) is 0.873. The first kappa shape index (κ1) is 13.5. The zero-order valence-electron chi connectivity index (χ0n) is 11.3. The zero-order chi connectivity index (χ0) is 13.0. The van der Waals surface area contributed by atoms with E-state index >= 15 is 0 Å². The third-order valence-electron chi connectivity index (χ3n) is 3.64. The summed E-state index contributed by atoms with van der Waals surface area (Å²) in [6.45, 7) is 4.67. The average molecular weight is 253 g/mol. The first-order chi connectivity index (χ1) is 8.69. The maximum Gasteiger partial charge on any atom is 0.246 e. The van der Waals surface area contributed by atoms with Gasteiger partial charge in [0.2, 0.25) is 11.7 Å². The summed E-state index contributed by atoms with van der Waals surface area (Å²) in [6, 6.07) is 0. The summed E-state index contributed by atoms with van der Waals surface area (Å²) in [6.07, 6.45) is 6.13. The standard InChI is InChI=1S/C13H23N3O2/c1-3-10(17-4-2)11-15-12(18-16-11)13(14)8-6-5-7-9-13/h10H,3-9,14H2,1-2H3. The lowest BCUT2D eigenvalue weighted by Gasteiger charge is -2.29. The maximum absolute atomic E-state index is 6.37. The van der Waals surface area contributed by atoms with Gasteiger partial charge in [0.15, 0.2) is 0 Å².